The number of carbonyl (C=O) groups is 1. The maximum absolute atomic E-state index is 12.1. The fourth-order valence-corrected chi connectivity index (χ4v) is 2.98. The number of hydrogen-bond donors (Lipinski definition) is 1. The minimum absolute atomic E-state index is 0.125. The summed E-state index contributed by atoms with van der Waals surface area (Å²) in [6.07, 6.45) is 5.94. The molecule has 3 heterocycles. The lowest BCUT2D eigenvalue weighted by Gasteiger charge is -2.35. The zero-order valence-electron chi connectivity index (χ0n) is 16.0. The van der Waals surface area contributed by atoms with Crippen LogP contribution in [0, 0.1) is 0 Å². The number of nitrogens with zero attached hydrogens (tertiary/aromatic N) is 6. The molecule has 1 saturated heterocycles. The van der Waals surface area contributed by atoms with Crippen LogP contribution in [0.2, 0.25) is 0 Å². The summed E-state index contributed by atoms with van der Waals surface area (Å²) in [5.74, 6) is 1.54. The van der Waals surface area contributed by atoms with Crippen molar-refractivity contribution in [3.8, 4) is 0 Å². The molecule has 8 nitrogen and oxygen atoms in total. The monoisotopic (exact) mass is 369 g/mol. The van der Waals surface area contributed by atoms with Crippen molar-refractivity contribution in [1.82, 2.24) is 25.2 Å². The van der Waals surface area contributed by atoms with Gasteiger partial charge in [0.15, 0.2) is 0 Å². The van der Waals surface area contributed by atoms with E-state index in [2.05, 4.69) is 35.0 Å². The third kappa shape index (κ3) is 5.37. The van der Waals surface area contributed by atoms with Gasteiger partial charge in [0.25, 0.3) is 5.91 Å². The van der Waals surface area contributed by atoms with Crippen molar-refractivity contribution < 1.29 is 4.79 Å². The largest absolute Gasteiger partial charge is 0.353 e. The first-order valence-electron chi connectivity index (χ1n) is 9.29. The van der Waals surface area contributed by atoms with E-state index in [1.54, 1.807) is 12.4 Å². The van der Waals surface area contributed by atoms with E-state index in [0.29, 0.717) is 18.1 Å². The lowest BCUT2D eigenvalue weighted by molar-refractivity contribution is 0.0951. The van der Waals surface area contributed by atoms with Crippen LogP contribution in [0.3, 0.4) is 0 Å². The molecule has 1 fully saturated rings. The van der Waals surface area contributed by atoms with Crippen molar-refractivity contribution in [2.75, 3.05) is 63.2 Å². The Labute approximate surface area is 160 Å². The lowest BCUT2D eigenvalue weighted by atomic mass is 10.3. The molecule has 27 heavy (non-hydrogen) atoms. The van der Waals surface area contributed by atoms with Gasteiger partial charge >= 0.3 is 0 Å². The fraction of sp³-hybridized carbons (Fsp3) is 0.474. The van der Waals surface area contributed by atoms with Crippen LogP contribution in [-0.2, 0) is 0 Å². The van der Waals surface area contributed by atoms with Crippen LogP contribution in [0.5, 0.6) is 0 Å². The van der Waals surface area contributed by atoms with Crippen molar-refractivity contribution >= 4 is 17.7 Å². The Hall–Kier alpha value is -2.74. The van der Waals surface area contributed by atoms with Crippen molar-refractivity contribution in [2.24, 2.45) is 0 Å². The highest BCUT2D eigenvalue weighted by molar-refractivity contribution is 5.93. The summed E-state index contributed by atoms with van der Waals surface area (Å²) >= 11 is 0. The number of hydrogen-bond acceptors (Lipinski definition) is 7. The van der Waals surface area contributed by atoms with Gasteiger partial charge in [0.2, 0.25) is 5.95 Å². The Bertz CT molecular complexity index is 713. The molecule has 0 unspecified atom stereocenters. The Morgan fingerprint density at radius 3 is 2.41 bits per heavy atom. The normalized spacial score (nSPS) is 14.5. The summed E-state index contributed by atoms with van der Waals surface area (Å²) in [5, 5.41) is 2.90. The van der Waals surface area contributed by atoms with Crippen molar-refractivity contribution in [3.05, 3.63) is 42.4 Å². The molecule has 0 spiro atoms. The highest BCUT2D eigenvalue weighted by Crippen LogP contribution is 2.15. The summed E-state index contributed by atoms with van der Waals surface area (Å²) < 4.78 is 0. The predicted octanol–water partition coefficient (Wildman–Crippen LogP) is 0.880. The Morgan fingerprint density at radius 1 is 1.07 bits per heavy atom. The molecule has 0 bridgehead atoms. The average Bonchev–Trinajstić information content (AvgIpc) is 2.72. The number of amides is 1. The number of anilines is 2. The topological polar surface area (TPSA) is 77.5 Å². The van der Waals surface area contributed by atoms with Gasteiger partial charge in [0.1, 0.15) is 5.82 Å². The van der Waals surface area contributed by atoms with Crippen LogP contribution >= 0.6 is 0 Å². The Morgan fingerprint density at radius 2 is 1.78 bits per heavy atom. The van der Waals surface area contributed by atoms with Gasteiger partial charge in [-0.3, -0.25) is 4.79 Å². The number of rotatable bonds is 7. The van der Waals surface area contributed by atoms with Gasteiger partial charge in [0, 0.05) is 51.3 Å². The van der Waals surface area contributed by atoms with Crippen LogP contribution < -0.4 is 15.1 Å². The molecule has 3 rings (SSSR count). The van der Waals surface area contributed by atoms with Gasteiger partial charge in [-0.05, 0) is 39.2 Å². The smallest absolute Gasteiger partial charge is 0.254 e. The molecular weight excluding hydrogens is 342 g/mol. The number of carbonyl (C=O) groups excluding carboxylic acids is 1. The highest BCUT2D eigenvalue weighted by Gasteiger charge is 2.20. The van der Waals surface area contributed by atoms with Crippen molar-refractivity contribution in [1.29, 1.82) is 0 Å². The molecule has 0 radical (unpaired) electrons. The second-order valence-electron chi connectivity index (χ2n) is 6.85. The minimum atomic E-state index is -0.125. The molecular formula is C19H27N7O. The van der Waals surface area contributed by atoms with E-state index in [1.807, 2.05) is 38.5 Å². The highest BCUT2D eigenvalue weighted by atomic mass is 16.1. The quantitative estimate of drug-likeness (QED) is 0.726. The zero-order valence-corrected chi connectivity index (χ0v) is 16.0. The first-order valence-corrected chi connectivity index (χ1v) is 9.29. The Balaban J connectivity index is 1.48. The minimum Gasteiger partial charge on any atom is -0.353 e. The van der Waals surface area contributed by atoms with E-state index in [1.165, 1.54) is 0 Å². The third-order valence-corrected chi connectivity index (χ3v) is 4.50. The third-order valence-electron chi connectivity index (χ3n) is 4.50. The number of aromatic nitrogens is 3. The molecule has 1 aliphatic rings. The van der Waals surface area contributed by atoms with Crippen LogP contribution in [0.25, 0.3) is 0 Å². The number of pyridine rings is 1. The molecule has 0 aromatic carbocycles. The SMILES string of the molecule is CN(C)CCCNC(=O)c1cnc(N2CCN(c3ccccn3)CC2)nc1. The fourth-order valence-electron chi connectivity index (χ4n) is 2.98. The molecule has 0 saturated carbocycles. The molecule has 2 aromatic heterocycles. The van der Waals surface area contributed by atoms with Crippen molar-refractivity contribution in [3.63, 3.8) is 0 Å². The second-order valence-corrected chi connectivity index (χ2v) is 6.85. The molecule has 8 heteroatoms. The van der Waals surface area contributed by atoms with Crippen LogP contribution in [-0.4, -0.2) is 79.1 Å². The number of piperazine rings is 1. The molecule has 1 aliphatic heterocycles. The van der Waals surface area contributed by atoms with Crippen LogP contribution in [0.4, 0.5) is 11.8 Å². The summed E-state index contributed by atoms with van der Waals surface area (Å²) in [5.41, 5.74) is 0.496. The van der Waals surface area contributed by atoms with Gasteiger partial charge in [-0.25, -0.2) is 15.0 Å². The molecule has 1 amide bonds. The summed E-state index contributed by atoms with van der Waals surface area (Å²) in [7, 11) is 4.04. The molecule has 0 aliphatic carbocycles. The summed E-state index contributed by atoms with van der Waals surface area (Å²) in [4.78, 5) is 31.8. The predicted molar refractivity (Wildman–Crippen MR) is 106 cm³/mol. The van der Waals surface area contributed by atoms with Gasteiger partial charge < -0.3 is 20.0 Å². The van der Waals surface area contributed by atoms with Crippen molar-refractivity contribution in [2.45, 2.75) is 6.42 Å². The number of nitrogens with one attached hydrogen (secondary N) is 1. The maximum Gasteiger partial charge on any atom is 0.254 e. The molecule has 1 N–H and O–H groups in total. The molecule has 2 aromatic rings. The standard InChI is InChI=1S/C19H27N7O/c1-24(2)9-5-8-21-18(27)16-14-22-19(23-15-16)26-12-10-25(11-13-26)17-6-3-4-7-20-17/h3-4,6-7,14-15H,5,8-13H2,1-2H3,(H,21,27). The maximum atomic E-state index is 12.1. The van der Waals surface area contributed by atoms with E-state index in [4.69, 9.17) is 0 Å². The van der Waals surface area contributed by atoms with Gasteiger partial charge in [-0.1, -0.05) is 6.07 Å². The first kappa shape index (κ1) is 19.0. The molecule has 144 valence electrons. The second kappa shape index (κ2) is 9.27. The lowest BCUT2D eigenvalue weighted by Crippen LogP contribution is -2.47. The van der Waals surface area contributed by atoms with E-state index in [0.717, 1.165) is 45.0 Å². The van der Waals surface area contributed by atoms with E-state index in [-0.39, 0.29) is 5.91 Å². The summed E-state index contributed by atoms with van der Waals surface area (Å²) in [6.45, 7) is 4.98. The van der Waals surface area contributed by atoms with E-state index in [9.17, 15) is 4.79 Å². The Kier molecular flexibility index (Phi) is 6.54. The van der Waals surface area contributed by atoms with Gasteiger partial charge in [-0.15, -0.1) is 0 Å². The first-order chi connectivity index (χ1) is 13.1. The van der Waals surface area contributed by atoms with Gasteiger partial charge in [-0.2, -0.15) is 0 Å². The van der Waals surface area contributed by atoms with Crippen LogP contribution in [0.15, 0.2) is 36.8 Å². The van der Waals surface area contributed by atoms with Crippen LogP contribution in [0.1, 0.15) is 16.8 Å². The summed E-state index contributed by atoms with van der Waals surface area (Å²) in [6, 6.07) is 5.95. The van der Waals surface area contributed by atoms with E-state index < -0.39 is 0 Å². The van der Waals surface area contributed by atoms with Gasteiger partial charge in [0.05, 0.1) is 5.56 Å². The van der Waals surface area contributed by atoms with E-state index >= 15 is 0 Å². The average molecular weight is 369 g/mol. The zero-order chi connectivity index (χ0) is 19.1. The molecule has 0 atom stereocenters.